The summed E-state index contributed by atoms with van der Waals surface area (Å²) >= 11 is 0. The van der Waals surface area contributed by atoms with Gasteiger partial charge in [-0.25, -0.2) is 8.78 Å². The molecule has 2 aromatic carbocycles. The van der Waals surface area contributed by atoms with E-state index in [9.17, 15) is 8.78 Å². The maximum absolute atomic E-state index is 13.8. The summed E-state index contributed by atoms with van der Waals surface area (Å²) in [4.78, 5) is 9.10. The standard InChI is InChI=1S/C22H24F2N4O/c1-16-3-6-18(13-20(16)24)22-25-21(29-26-22)15-28-10-2-9-27(11-12-28)14-17-4-7-19(23)8-5-17/h3-8,13H,2,9-12,14-15H2,1H3. The van der Waals surface area contributed by atoms with Crippen molar-refractivity contribution in [2.75, 3.05) is 26.2 Å². The summed E-state index contributed by atoms with van der Waals surface area (Å²) in [5.41, 5.74) is 2.32. The number of benzene rings is 2. The number of hydrogen-bond acceptors (Lipinski definition) is 5. The molecule has 0 atom stereocenters. The molecule has 0 aliphatic carbocycles. The highest BCUT2D eigenvalue weighted by Crippen LogP contribution is 2.20. The Hall–Kier alpha value is -2.64. The summed E-state index contributed by atoms with van der Waals surface area (Å²) in [6.07, 6.45) is 1.03. The van der Waals surface area contributed by atoms with Crippen molar-refractivity contribution >= 4 is 0 Å². The topological polar surface area (TPSA) is 45.4 Å². The molecule has 1 fully saturated rings. The molecule has 3 aromatic rings. The van der Waals surface area contributed by atoms with Gasteiger partial charge in [0.2, 0.25) is 11.7 Å². The molecule has 0 unspecified atom stereocenters. The number of rotatable bonds is 5. The Morgan fingerprint density at radius 1 is 0.931 bits per heavy atom. The van der Waals surface area contributed by atoms with Crippen LogP contribution in [0.4, 0.5) is 8.78 Å². The van der Waals surface area contributed by atoms with Crippen molar-refractivity contribution in [3.05, 3.63) is 71.1 Å². The SMILES string of the molecule is Cc1ccc(-c2noc(CN3CCCN(Cc4ccc(F)cc4)CC3)n2)cc1F. The molecule has 5 nitrogen and oxygen atoms in total. The van der Waals surface area contributed by atoms with E-state index < -0.39 is 0 Å². The van der Waals surface area contributed by atoms with Crippen molar-refractivity contribution < 1.29 is 13.3 Å². The first kappa shape index (κ1) is 19.7. The lowest BCUT2D eigenvalue weighted by Gasteiger charge is -2.20. The second kappa shape index (κ2) is 8.80. The Morgan fingerprint density at radius 2 is 1.66 bits per heavy atom. The first-order valence-electron chi connectivity index (χ1n) is 9.85. The van der Waals surface area contributed by atoms with Gasteiger partial charge < -0.3 is 4.52 Å². The zero-order valence-corrected chi connectivity index (χ0v) is 16.4. The van der Waals surface area contributed by atoms with Crippen molar-refractivity contribution in [2.24, 2.45) is 0 Å². The van der Waals surface area contributed by atoms with Crippen molar-refractivity contribution in [2.45, 2.75) is 26.4 Å². The Balaban J connectivity index is 1.34. The second-order valence-electron chi connectivity index (χ2n) is 7.51. The predicted molar refractivity (Wildman–Crippen MR) is 106 cm³/mol. The van der Waals surface area contributed by atoms with E-state index in [1.807, 2.05) is 12.1 Å². The molecule has 0 bridgehead atoms. The molecule has 2 heterocycles. The van der Waals surface area contributed by atoms with Crippen LogP contribution in [-0.4, -0.2) is 46.1 Å². The van der Waals surface area contributed by atoms with Gasteiger partial charge in [-0.1, -0.05) is 29.4 Å². The van der Waals surface area contributed by atoms with Crippen LogP contribution in [0, 0.1) is 18.6 Å². The zero-order valence-electron chi connectivity index (χ0n) is 16.4. The molecule has 4 rings (SSSR count). The third-order valence-electron chi connectivity index (χ3n) is 5.26. The first-order valence-corrected chi connectivity index (χ1v) is 9.85. The van der Waals surface area contributed by atoms with E-state index >= 15 is 0 Å². The molecule has 7 heteroatoms. The second-order valence-corrected chi connectivity index (χ2v) is 7.51. The summed E-state index contributed by atoms with van der Waals surface area (Å²) in [6, 6.07) is 11.6. The molecule has 29 heavy (non-hydrogen) atoms. The van der Waals surface area contributed by atoms with Crippen LogP contribution in [0.15, 0.2) is 47.0 Å². The molecular weight excluding hydrogens is 374 g/mol. The smallest absolute Gasteiger partial charge is 0.241 e. The van der Waals surface area contributed by atoms with Crippen LogP contribution in [0.2, 0.25) is 0 Å². The van der Waals surface area contributed by atoms with E-state index in [2.05, 4.69) is 19.9 Å². The van der Waals surface area contributed by atoms with Crippen LogP contribution in [0.1, 0.15) is 23.4 Å². The highest BCUT2D eigenvalue weighted by atomic mass is 19.1. The number of hydrogen-bond donors (Lipinski definition) is 0. The average Bonchev–Trinajstić information content (AvgIpc) is 3.06. The van der Waals surface area contributed by atoms with Crippen LogP contribution in [0.5, 0.6) is 0 Å². The van der Waals surface area contributed by atoms with Gasteiger partial charge in [-0.05, 0) is 55.8 Å². The third kappa shape index (κ3) is 5.05. The fraction of sp³-hybridized carbons (Fsp3) is 0.364. The molecule has 0 amide bonds. The van der Waals surface area contributed by atoms with Gasteiger partial charge in [0.1, 0.15) is 11.6 Å². The quantitative estimate of drug-likeness (QED) is 0.649. The molecule has 1 aliphatic heterocycles. The van der Waals surface area contributed by atoms with Crippen LogP contribution in [0.3, 0.4) is 0 Å². The Bertz CT molecular complexity index is 958. The van der Waals surface area contributed by atoms with Crippen molar-refractivity contribution in [3.8, 4) is 11.4 Å². The van der Waals surface area contributed by atoms with Crippen LogP contribution in [0.25, 0.3) is 11.4 Å². The van der Waals surface area contributed by atoms with Crippen LogP contribution < -0.4 is 0 Å². The van der Waals surface area contributed by atoms with Crippen LogP contribution in [-0.2, 0) is 13.1 Å². The van der Waals surface area contributed by atoms with Crippen molar-refractivity contribution in [1.29, 1.82) is 0 Å². The summed E-state index contributed by atoms with van der Waals surface area (Å²) in [5, 5.41) is 4.00. The number of nitrogens with zero attached hydrogens (tertiary/aromatic N) is 4. The van der Waals surface area contributed by atoms with E-state index in [0.29, 0.717) is 29.4 Å². The summed E-state index contributed by atoms with van der Waals surface area (Å²) < 4.78 is 32.3. The van der Waals surface area contributed by atoms with E-state index in [-0.39, 0.29) is 11.6 Å². The number of halogens is 2. The lowest BCUT2D eigenvalue weighted by atomic mass is 10.1. The van der Waals surface area contributed by atoms with E-state index in [0.717, 1.165) is 44.7 Å². The minimum absolute atomic E-state index is 0.205. The Labute approximate surface area is 168 Å². The van der Waals surface area contributed by atoms with Gasteiger partial charge in [-0.2, -0.15) is 4.98 Å². The fourth-order valence-corrected chi connectivity index (χ4v) is 3.55. The highest BCUT2D eigenvalue weighted by Gasteiger charge is 2.18. The molecule has 0 spiro atoms. The van der Waals surface area contributed by atoms with Crippen LogP contribution >= 0.6 is 0 Å². The van der Waals surface area contributed by atoms with E-state index in [4.69, 9.17) is 4.52 Å². The largest absolute Gasteiger partial charge is 0.338 e. The summed E-state index contributed by atoms with van der Waals surface area (Å²) in [7, 11) is 0. The minimum atomic E-state index is -0.275. The maximum Gasteiger partial charge on any atom is 0.241 e. The molecule has 0 saturated carbocycles. The van der Waals surface area contributed by atoms with Crippen molar-refractivity contribution in [1.82, 2.24) is 19.9 Å². The number of aryl methyl sites for hydroxylation is 1. The van der Waals surface area contributed by atoms with Gasteiger partial charge in [-0.15, -0.1) is 0 Å². The highest BCUT2D eigenvalue weighted by molar-refractivity contribution is 5.54. The average molecular weight is 398 g/mol. The molecule has 1 saturated heterocycles. The van der Waals surface area contributed by atoms with Gasteiger partial charge in [0, 0.05) is 25.2 Å². The molecule has 0 radical (unpaired) electrons. The lowest BCUT2D eigenvalue weighted by molar-refractivity contribution is 0.222. The molecule has 0 N–H and O–H groups in total. The van der Waals surface area contributed by atoms with Gasteiger partial charge in [-0.3, -0.25) is 9.80 Å². The minimum Gasteiger partial charge on any atom is -0.338 e. The van der Waals surface area contributed by atoms with Gasteiger partial charge in [0.05, 0.1) is 6.54 Å². The lowest BCUT2D eigenvalue weighted by Crippen LogP contribution is -2.30. The number of aromatic nitrogens is 2. The summed E-state index contributed by atoms with van der Waals surface area (Å²) in [6.45, 7) is 6.85. The van der Waals surface area contributed by atoms with Gasteiger partial charge in [0.15, 0.2) is 0 Å². The Kier molecular flexibility index (Phi) is 5.97. The van der Waals surface area contributed by atoms with E-state index in [1.54, 1.807) is 19.1 Å². The molecule has 152 valence electrons. The van der Waals surface area contributed by atoms with Gasteiger partial charge >= 0.3 is 0 Å². The van der Waals surface area contributed by atoms with Crippen molar-refractivity contribution in [3.63, 3.8) is 0 Å². The molecule has 1 aliphatic rings. The zero-order chi connectivity index (χ0) is 20.2. The predicted octanol–water partition coefficient (Wildman–Crippen LogP) is 4.03. The summed E-state index contributed by atoms with van der Waals surface area (Å²) in [5.74, 6) is 0.463. The monoisotopic (exact) mass is 398 g/mol. The third-order valence-corrected chi connectivity index (χ3v) is 5.26. The Morgan fingerprint density at radius 3 is 2.38 bits per heavy atom. The van der Waals surface area contributed by atoms with E-state index in [1.165, 1.54) is 18.2 Å². The fourth-order valence-electron chi connectivity index (χ4n) is 3.55. The normalized spacial score (nSPS) is 16.1. The van der Waals surface area contributed by atoms with Gasteiger partial charge in [0.25, 0.3) is 0 Å². The molecule has 1 aromatic heterocycles. The first-order chi connectivity index (χ1) is 14.1. The molecular formula is C22H24F2N4O. The maximum atomic E-state index is 13.8.